The van der Waals surface area contributed by atoms with Gasteiger partial charge in [-0.1, -0.05) is 51.1 Å². The van der Waals surface area contributed by atoms with E-state index in [9.17, 15) is 14.4 Å². The smallest absolute Gasteiger partial charge is 0.407 e. The Bertz CT molecular complexity index is 798. The van der Waals surface area contributed by atoms with Crippen molar-refractivity contribution >= 4 is 18.2 Å². The van der Waals surface area contributed by atoms with Crippen LogP contribution >= 0.6 is 0 Å². The Kier molecular flexibility index (Phi) is 10.7. The van der Waals surface area contributed by atoms with Crippen LogP contribution < -0.4 is 10.6 Å². The minimum absolute atomic E-state index is 0.0775. The largest absolute Gasteiger partial charge is 0.466 e. The van der Waals surface area contributed by atoms with Gasteiger partial charge in [0.25, 0.3) is 0 Å². The van der Waals surface area contributed by atoms with Crippen LogP contribution in [0.15, 0.2) is 30.3 Å². The van der Waals surface area contributed by atoms with Gasteiger partial charge in [-0.05, 0) is 48.5 Å². The van der Waals surface area contributed by atoms with Crippen molar-refractivity contribution in [1.82, 2.24) is 10.6 Å². The van der Waals surface area contributed by atoms with Gasteiger partial charge in [0.15, 0.2) is 0 Å². The molecule has 2 atom stereocenters. The molecule has 2 N–H and O–H groups in total. The Morgan fingerprint density at radius 3 is 2.24 bits per heavy atom. The molecule has 1 aromatic rings. The summed E-state index contributed by atoms with van der Waals surface area (Å²) < 4.78 is 15.5. The van der Waals surface area contributed by atoms with Gasteiger partial charge in [-0.2, -0.15) is 0 Å². The van der Waals surface area contributed by atoms with Gasteiger partial charge in [-0.3, -0.25) is 4.79 Å². The summed E-state index contributed by atoms with van der Waals surface area (Å²) in [6, 6.07) is 9.56. The van der Waals surface area contributed by atoms with Gasteiger partial charge in [0.05, 0.1) is 19.8 Å². The van der Waals surface area contributed by atoms with E-state index in [-0.39, 0.29) is 35.9 Å². The molecule has 0 radical (unpaired) electrons. The SMILES string of the molecule is CCOC(=O)CC1CC(C)(C)CC(C)(CNC(=O)OCCCOC(=O)NCc2ccccc2)C1. The number of esters is 1. The van der Waals surface area contributed by atoms with Gasteiger partial charge in [0.1, 0.15) is 0 Å². The highest BCUT2D eigenvalue weighted by molar-refractivity contribution is 5.69. The van der Waals surface area contributed by atoms with E-state index in [1.54, 1.807) is 0 Å². The van der Waals surface area contributed by atoms with Crippen molar-refractivity contribution in [3.8, 4) is 0 Å². The minimum atomic E-state index is -0.501. The molecule has 2 rings (SSSR count). The lowest BCUT2D eigenvalue weighted by molar-refractivity contribution is -0.145. The number of hydrogen-bond donors (Lipinski definition) is 2. The molecule has 34 heavy (non-hydrogen) atoms. The van der Waals surface area contributed by atoms with Crippen molar-refractivity contribution in [3.05, 3.63) is 35.9 Å². The van der Waals surface area contributed by atoms with E-state index in [2.05, 4.69) is 31.4 Å². The Labute approximate surface area is 203 Å². The summed E-state index contributed by atoms with van der Waals surface area (Å²) in [5.74, 6) is 0.0756. The Morgan fingerprint density at radius 2 is 1.59 bits per heavy atom. The standard InChI is InChI=1S/C26H40N2O6/c1-5-32-22(29)14-21-15-25(2,3)18-26(4,16-21)19-28-24(31)34-13-9-12-33-23(30)27-17-20-10-7-6-8-11-20/h6-8,10-11,21H,5,9,12-19H2,1-4H3,(H,27,30)(H,28,31). The van der Waals surface area contributed by atoms with E-state index in [0.717, 1.165) is 24.8 Å². The fraction of sp³-hybridized carbons (Fsp3) is 0.654. The van der Waals surface area contributed by atoms with E-state index in [1.807, 2.05) is 37.3 Å². The lowest BCUT2D eigenvalue weighted by Crippen LogP contribution is -2.44. The first kappa shape index (κ1) is 27.5. The van der Waals surface area contributed by atoms with Crippen molar-refractivity contribution in [1.29, 1.82) is 0 Å². The van der Waals surface area contributed by atoms with Gasteiger partial charge in [0.2, 0.25) is 0 Å². The second-order valence-corrected chi connectivity index (χ2v) is 10.3. The number of ether oxygens (including phenoxy) is 3. The van der Waals surface area contributed by atoms with Crippen LogP contribution in [0.4, 0.5) is 9.59 Å². The second-order valence-electron chi connectivity index (χ2n) is 10.3. The lowest BCUT2D eigenvalue weighted by atomic mass is 9.60. The molecule has 2 amide bonds. The van der Waals surface area contributed by atoms with Crippen LogP contribution in [0.2, 0.25) is 0 Å². The highest BCUT2D eigenvalue weighted by Crippen LogP contribution is 2.49. The molecule has 0 aromatic heterocycles. The molecular formula is C26H40N2O6. The molecular weight excluding hydrogens is 436 g/mol. The molecule has 0 saturated heterocycles. The van der Waals surface area contributed by atoms with Crippen molar-refractivity contribution in [2.24, 2.45) is 16.7 Å². The molecule has 8 heteroatoms. The summed E-state index contributed by atoms with van der Waals surface area (Å²) in [4.78, 5) is 35.9. The van der Waals surface area contributed by atoms with Crippen molar-refractivity contribution in [2.45, 2.75) is 66.3 Å². The zero-order chi connectivity index (χ0) is 25.0. The van der Waals surface area contributed by atoms with Crippen LogP contribution in [-0.4, -0.2) is 44.5 Å². The third-order valence-corrected chi connectivity index (χ3v) is 5.98. The van der Waals surface area contributed by atoms with Gasteiger partial charge < -0.3 is 24.8 Å². The molecule has 0 bridgehead atoms. The number of hydrogen-bond acceptors (Lipinski definition) is 6. The molecule has 1 aliphatic rings. The predicted octanol–water partition coefficient (Wildman–Crippen LogP) is 4.81. The molecule has 1 aliphatic carbocycles. The first-order chi connectivity index (χ1) is 16.1. The van der Waals surface area contributed by atoms with Crippen LogP contribution in [0, 0.1) is 16.7 Å². The summed E-state index contributed by atoms with van der Waals surface area (Å²) in [7, 11) is 0. The lowest BCUT2D eigenvalue weighted by Gasteiger charge is -2.46. The van der Waals surface area contributed by atoms with Crippen LogP contribution in [0.5, 0.6) is 0 Å². The maximum absolute atomic E-state index is 12.2. The van der Waals surface area contributed by atoms with E-state index >= 15 is 0 Å². The predicted molar refractivity (Wildman–Crippen MR) is 129 cm³/mol. The van der Waals surface area contributed by atoms with E-state index in [1.165, 1.54) is 0 Å². The summed E-state index contributed by atoms with van der Waals surface area (Å²) in [5, 5.41) is 5.55. The number of carbonyl (C=O) groups excluding carboxylic acids is 3. The van der Waals surface area contributed by atoms with Crippen LogP contribution in [-0.2, 0) is 25.5 Å². The maximum atomic E-state index is 12.2. The summed E-state index contributed by atoms with van der Waals surface area (Å²) in [6.07, 6.45) is 2.60. The molecule has 1 saturated carbocycles. The molecule has 190 valence electrons. The maximum Gasteiger partial charge on any atom is 0.407 e. The third kappa shape index (κ3) is 10.4. The van der Waals surface area contributed by atoms with Crippen LogP contribution in [0.1, 0.15) is 65.4 Å². The number of nitrogens with one attached hydrogen (secondary N) is 2. The first-order valence-electron chi connectivity index (χ1n) is 12.1. The molecule has 1 fully saturated rings. The normalized spacial score (nSPS) is 21.2. The Hall–Kier alpha value is -2.77. The van der Waals surface area contributed by atoms with Crippen LogP contribution in [0.25, 0.3) is 0 Å². The van der Waals surface area contributed by atoms with E-state index in [0.29, 0.717) is 32.5 Å². The molecule has 8 nitrogen and oxygen atoms in total. The molecule has 2 unspecified atom stereocenters. The zero-order valence-corrected chi connectivity index (χ0v) is 21.0. The molecule has 0 spiro atoms. The average Bonchev–Trinajstić information content (AvgIpc) is 2.75. The highest BCUT2D eigenvalue weighted by Gasteiger charge is 2.42. The third-order valence-electron chi connectivity index (χ3n) is 5.98. The number of rotatable bonds is 11. The Balaban J connectivity index is 1.63. The second kappa shape index (κ2) is 13.2. The van der Waals surface area contributed by atoms with E-state index < -0.39 is 12.2 Å². The topological polar surface area (TPSA) is 103 Å². The number of carbonyl (C=O) groups is 3. The fourth-order valence-electron chi connectivity index (χ4n) is 5.13. The average molecular weight is 477 g/mol. The van der Waals surface area contributed by atoms with Gasteiger partial charge in [-0.15, -0.1) is 0 Å². The summed E-state index contributed by atoms with van der Waals surface area (Å²) >= 11 is 0. The van der Waals surface area contributed by atoms with Crippen molar-refractivity contribution in [2.75, 3.05) is 26.4 Å². The molecule has 0 heterocycles. The van der Waals surface area contributed by atoms with Crippen molar-refractivity contribution < 1.29 is 28.6 Å². The molecule has 0 aliphatic heterocycles. The first-order valence-corrected chi connectivity index (χ1v) is 12.1. The van der Waals surface area contributed by atoms with Gasteiger partial charge >= 0.3 is 18.2 Å². The minimum Gasteiger partial charge on any atom is -0.466 e. The van der Waals surface area contributed by atoms with Crippen LogP contribution in [0.3, 0.4) is 0 Å². The molecule has 1 aromatic carbocycles. The number of benzene rings is 1. The highest BCUT2D eigenvalue weighted by atomic mass is 16.6. The fourth-order valence-corrected chi connectivity index (χ4v) is 5.13. The number of amides is 2. The summed E-state index contributed by atoms with van der Waals surface area (Å²) in [5.41, 5.74) is 0.938. The number of alkyl carbamates (subject to hydrolysis) is 2. The monoisotopic (exact) mass is 476 g/mol. The van der Waals surface area contributed by atoms with Gasteiger partial charge in [0, 0.05) is 25.9 Å². The van der Waals surface area contributed by atoms with Gasteiger partial charge in [-0.25, -0.2) is 9.59 Å². The summed E-state index contributed by atoms with van der Waals surface area (Å²) in [6.45, 7) is 9.96. The zero-order valence-electron chi connectivity index (χ0n) is 21.0. The quantitative estimate of drug-likeness (QED) is 0.270. The van der Waals surface area contributed by atoms with Crippen molar-refractivity contribution in [3.63, 3.8) is 0 Å². The van der Waals surface area contributed by atoms with E-state index in [4.69, 9.17) is 14.2 Å². The Morgan fingerprint density at radius 1 is 0.941 bits per heavy atom.